The van der Waals surface area contributed by atoms with Crippen molar-refractivity contribution >= 4 is 0 Å². The minimum absolute atomic E-state index is 0.196. The Labute approximate surface area is 95.1 Å². The van der Waals surface area contributed by atoms with Gasteiger partial charge in [0.15, 0.2) is 17.9 Å². The molecule has 0 aliphatic carbocycles. The van der Waals surface area contributed by atoms with Gasteiger partial charge in [0, 0.05) is 18.8 Å². The van der Waals surface area contributed by atoms with Crippen LogP contribution in [0.5, 0.6) is 5.75 Å². The van der Waals surface area contributed by atoms with E-state index in [4.69, 9.17) is 14.2 Å². The van der Waals surface area contributed by atoms with Gasteiger partial charge in [0.1, 0.15) is 0 Å². The van der Waals surface area contributed by atoms with Gasteiger partial charge >= 0.3 is 0 Å². The van der Waals surface area contributed by atoms with Crippen LogP contribution in [0.2, 0.25) is 0 Å². The smallest absolute Gasteiger partial charge is 0.183 e. The fourth-order valence-electron chi connectivity index (χ4n) is 1.37. The summed E-state index contributed by atoms with van der Waals surface area (Å²) in [6.07, 6.45) is -0.468. The van der Waals surface area contributed by atoms with Crippen molar-refractivity contribution in [3.05, 3.63) is 29.6 Å². The Balaban J connectivity index is 2.90. The van der Waals surface area contributed by atoms with E-state index in [1.54, 1.807) is 12.1 Å². The van der Waals surface area contributed by atoms with Gasteiger partial charge < -0.3 is 14.2 Å². The number of rotatable bonds is 6. The van der Waals surface area contributed by atoms with Crippen LogP contribution in [0, 0.1) is 5.82 Å². The summed E-state index contributed by atoms with van der Waals surface area (Å²) >= 11 is 0. The lowest BCUT2D eigenvalue weighted by Crippen LogP contribution is -2.09. The minimum Gasteiger partial charge on any atom is -0.494 e. The molecule has 0 fully saturated rings. The molecule has 16 heavy (non-hydrogen) atoms. The number of methoxy groups -OCH3 is 1. The molecule has 0 atom stereocenters. The molecule has 0 aromatic heterocycles. The van der Waals surface area contributed by atoms with E-state index >= 15 is 0 Å². The molecule has 0 aliphatic heterocycles. The highest BCUT2D eigenvalue weighted by molar-refractivity contribution is 5.30. The zero-order chi connectivity index (χ0) is 12.0. The fourth-order valence-corrected chi connectivity index (χ4v) is 1.37. The maximum atomic E-state index is 13.2. The van der Waals surface area contributed by atoms with E-state index < -0.39 is 12.1 Å². The third-order valence-electron chi connectivity index (χ3n) is 2.08. The third-order valence-corrected chi connectivity index (χ3v) is 2.08. The highest BCUT2D eigenvalue weighted by Crippen LogP contribution is 2.25. The van der Waals surface area contributed by atoms with Gasteiger partial charge in [0.05, 0.1) is 7.11 Å². The largest absolute Gasteiger partial charge is 0.494 e. The summed E-state index contributed by atoms with van der Waals surface area (Å²) in [6.45, 7) is 4.83. The van der Waals surface area contributed by atoms with Gasteiger partial charge in [0.2, 0.25) is 0 Å². The quantitative estimate of drug-likeness (QED) is 0.701. The van der Waals surface area contributed by atoms with Crippen LogP contribution < -0.4 is 4.74 Å². The van der Waals surface area contributed by atoms with Crippen molar-refractivity contribution < 1.29 is 18.6 Å². The molecule has 0 saturated heterocycles. The van der Waals surface area contributed by atoms with Crippen molar-refractivity contribution in [2.75, 3.05) is 20.3 Å². The van der Waals surface area contributed by atoms with Crippen molar-refractivity contribution in [1.29, 1.82) is 0 Å². The molecular formula is C12H17FO3. The van der Waals surface area contributed by atoms with Crippen LogP contribution in [0.3, 0.4) is 0 Å². The van der Waals surface area contributed by atoms with Gasteiger partial charge in [-0.1, -0.05) is 6.07 Å². The number of halogens is 1. The Kier molecular flexibility index (Phi) is 5.22. The summed E-state index contributed by atoms with van der Waals surface area (Å²) in [7, 11) is 1.43. The average Bonchev–Trinajstić information content (AvgIpc) is 2.29. The topological polar surface area (TPSA) is 27.7 Å². The van der Waals surface area contributed by atoms with Crippen LogP contribution in [0.1, 0.15) is 25.7 Å². The Morgan fingerprint density at radius 2 is 1.81 bits per heavy atom. The maximum Gasteiger partial charge on any atom is 0.183 e. The molecule has 0 amide bonds. The van der Waals surface area contributed by atoms with Gasteiger partial charge in [-0.05, 0) is 26.0 Å². The van der Waals surface area contributed by atoms with Gasteiger partial charge in [0.25, 0.3) is 0 Å². The lowest BCUT2D eigenvalue weighted by molar-refractivity contribution is -0.140. The van der Waals surface area contributed by atoms with Crippen molar-refractivity contribution in [2.45, 2.75) is 20.1 Å². The lowest BCUT2D eigenvalue weighted by atomic mass is 10.2. The summed E-state index contributed by atoms with van der Waals surface area (Å²) in [4.78, 5) is 0. The average molecular weight is 228 g/mol. The van der Waals surface area contributed by atoms with Crippen molar-refractivity contribution in [3.63, 3.8) is 0 Å². The fraction of sp³-hybridized carbons (Fsp3) is 0.500. The van der Waals surface area contributed by atoms with Crippen LogP contribution in [0.15, 0.2) is 18.2 Å². The van der Waals surface area contributed by atoms with Crippen molar-refractivity contribution in [1.82, 2.24) is 0 Å². The highest BCUT2D eigenvalue weighted by Gasteiger charge is 2.13. The number of hydrogen-bond acceptors (Lipinski definition) is 3. The van der Waals surface area contributed by atoms with Crippen molar-refractivity contribution in [2.24, 2.45) is 0 Å². The summed E-state index contributed by atoms with van der Waals surface area (Å²) < 4.78 is 28.9. The monoisotopic (exact) mass is 228 g/mol. The second kappa shape index (κ2) is 6.45. The number of benzene rings is 1. The number of ether oxygens (including phenoxy) is 3. The first-order valence-electron chi connectivity index (χ1n) is 5.29. The second-order valence-corrected chi connectivity index (χ2v) is 3.14. The molecule has 0 N–H and O–H groups in total. The number of hydrogen-bond donors (Lipinski definition) is 0. The van der Waals surface area contributed by atoms with Gasteiger partial charge in [-0.3, -0.25) is 0 Å². The summed E-state index contributed by atoms with van der Waals surface area (Å²) in [5.41, 5.74) is 0.752. The Bertz CT molecular complexity index is 322. The van der Waals surface area contributed by atoms with E-state index in [1.165, 1.54) is 13.2 Å². The second-order valence-electron chi connectivity index (χ2n) is 3.14. The zero-order valence-electron chi connectivity index (χ0n) is 9.83. The van der Waals surface area contributed by atoms with Gasteiger partial charge in [-0.15, -0.1) is 0 Å². The molecule has 0 radical (unpaired) electrons. The third kappa shape index (κ3) is 3.18. The molecule has 0 saturated carbocycles. The van der Waals surface area contributed by atoms with Crippen LogP contribution in [-0.4, -0.2) is 20.3 Å². The zero-order valence-corrected chi connectivity index (χ0v) is 9.83. The van der Waals surface area contributed by atoms with Crippen LogP contribution >= 0.6 is 0 Å². The van der Waals surface area contributed by atoms with E-state index in [0.29, 0.717) is 13.2 Å². The Morgan fingerprint density at radius 3 is 2.31 bits per heavy atom. The predicted octanol–water partition coefficient (Wildman–Crippen LogP) is 2.91. The Morgan fingerprint density at radius 1 is 1.19 bits per heavy atom. The molecule has 1 rings (SSSR count). The van der Waals surface area contributed by atoms with Crippen LogP contribution in [0.4, 0.5) is 4.39 Å². The SMILES string of the molecule is CCOC(OCC)c1ccc(F)c(OC)c1. The molecule has 0 aliphatic rings. The van der Waals surface area contributed by atoms with E-state index in [0.717, 1.165) is 5.56 Å². The summed E-state index contributed by atoms with van der Waals surface area (Å²) in [5, 5.41) is 0. The van der Waals surface area contributed by atoms with E-state index in [1.807, 2.05) is 13.8 Å². The predicted molar refractivity (Wildman–Crippen MR) is 58.9 cm³/mol. The van der Waals surface area contributed by atoms with Crippen molar-refractivity contribution in [3.8, 4) is 5.75 Å². The molecule has 90 valence electrons. The molecule has 4 heteroatoms. The first-order chi connectivity index (χ1) is 7.72. The molecule has 1 aromatic rings. The first-order valence-corrected chi connectivity index (χ1v) is 5.29. The maximum absolute atomic E-state index is 13.2. The molecule has 0 unspecified atom stereocenters. The lowest BCUT2D eigenvalue weighted by Gasteiger charge is -2.17. The molecule has 0 bridgehead atoms. The van der Waals surface area contributed by atoms with E-state index in [2.05, 4.69) is 0 Å². The minimum atomic E-state index is -0.468. The first kappa shape index (κ1) is 12.9. The summed E-state index contributed by atoms with van der Waals surface area (Å²) in [5.74, 6) is -0.195. The van der Waals surface area contributed by atoms with E-state index in [-0.39, 0.29) is 5.75 Å². The molecule has 3 nitrogen and oxygen atoms in total. The van der Waals surface area contributed by atoms with Gasteiger partial charge in [-0.25, -0.2) is 4.39 Å². The summed E-state index contributed by atoms with van der Waals surface area (Å²) in [6, 6.07) is 4.57. The molecule has 0 heterocycles. The standard InChI is InChI=1S/C12H17FO3/c1-4-15-12(16-5-2)9-6-7-10(13)11(8-9)14-3/h6-8,12H,4-5H2,1-3H3. The molecule has 1 aromatic carbocycles. The Hall–Kier alpha value is -1.13. The molecular weight excluding hydrogens is 211 g/mol. The van der Waals surface area contributed by atoms with Gasteiger partial charge in [-0.2, -0.15) is 0 Å². The van der Waals surface area contributed by atoms with E-state index in [9.17, 15) is 4.39 Å². The normalized spacial score (nSPS) is 10.8. The molecule has 0 spiro atoms. The van der Waals surface area contributed by atoms with Crippen LogP contribution in [0.25, 0.3) is 0 Å². The van der Waals surface area contributed by atoms with Crippen LogP contribution in [-0.2, 0) is 9.47 Å². The highest BCUT2D eigenvalue weighted by atomic mass is 19.1.